The zero-order valence-electron chi connectivity index (χ0n) is 9.82. The van der Waals surface area contributed by atoms with Gasteiger partial charge in [0.2, 0.25) is 0 Å². The fourth-order valence-electron chi connectivity index (χ4n) is 1.90. The Morgan fingerprint density at radius 2 is 2.20 bits per heavy atom. The molecule has 0 saturated carbocycles. The van der Waals surface area contributed by atoms with Gasteiger partial charge in [-0.05, 0) is 25.6 Å². The molecule has 0 spiro atoms. The molecule has 2 heterocycles. The Labute approximate surface area is 91.1 Å². The van der Waals surface area contributed by atoms with Crippen LogP contribution < -0.4 is 0 Å². The van der Waals surface area contributed by atoms with Gasteiger partial charge in [0.1, 0.15) is 6.04 Å². The normalized spacial score (nSPS) is 19.1. The third kappa shape index (κ3) is 2.23. The number of likely N-dealkylation sites (N-methyl/N-ethyl adjacent to an activating group) is 1. The summed E-state index contributed by atoms with van der Waals surface area (Å²) in [7, 11) is 1.95. The molecule has 0 bridgehead atoms. The standard InChI is InChI=1S/C10H12N2O.C2H6/c1-7(13)10-9-8(6-12(10)2)4-3-5-11-9;1-2/h3-5,10H,6H2,1-2H3;1-2H3. The molecule has 0 fully saturated rings. The summed E-state index contributed by atoms with van der Waals surface area (Å²) < 4.78 is 0. The second kappa shape index (κ2) is 5.03. The summed E-state index contributed by atoms with van der Waals surface area (Å²) in [4.78, 5) is 17.6. The molecule has 1 atom stereocenters. The molecule has 3 heteroatoms. The van der Waals surface area contributed by atoms with E-state index < -0.39 is 0 Å². The highest BCUT2D eigenvalue weighted by Gasteiger charge is 2.31. The first-order valence-electron chi connectivity index (χ1n) is 5.34. The van der Waals surface area contributed by atoms with Crippen LogP contribution >= 0.6 is 0 Å². The molecular formula is C12H18N2O. The highest BCUT2D eigenvalue weighted by atomic mass is 16.1. The lowest BCUT2D eigenvalue weighted by molar-refractivity contribution is -0.121. The third-order valence-electron chi connectivity index (χ3n) is 2.43. The first-order valence-corrected chi connectivity index (χ1v) is 5.34. The average molecular weight is 206 g/mol. The van der Waals surface area contributed by atoms with Gasteiger partial charge in [-0.1, -0.05) is 19.9 Å². The number of ketones is 1. The minimum Gasteiger partial charge on any atom is -0.298 e. The number of fused-ring (bicyclic) bond motifs is 1. The highest BCUT2D eigenvalue weighted by molar-refractivity contribution is 5.83. The van der Waals surface area contributed by atoms with Gasteiger partial charge in [-0.15, -0.1) is 0 Å². The molecular weight excluding hydrogens is 188 g/mol. The molecule has 1 aliphatic heterocycles. The second-order valence-corrected chi connectivity index (χ2v) is 3.48. The van der Waals surface area contributed by atoms with Crippen LogP contribution in [0.5, 0.6) is 0 Å². The van der Waals surface area contributed by atoms with Gasteiger partial charge in [0.05, 0.1) is 5.69 Å². The van der Waals surface area contributed by atoms with E-state index >= 15 is 0 Å². The minimum atomic E-state index is -0.129. The lowest BCUT2D eigenvalue weighted by Gasteiger charge is -2.15. The van der Waals surface area contributed by atoms with E-state index in [9.17, 15) is 4.79 Å². The number of nitrogens with zero attached hydrogens (tertiary/aromatic N) is 2. The Hall–Kier alpha value is -1.22. The fraction of sp³-hybridized carbons (Fsp3) is 0.500. The Morgan fingerprint density at radius 3 is 2.80 bits per heavy atom. The number of carbonyl (C=O) groups is 1. The van der Waals surface area contributed by atoms with E-state index in [1.165, 1.54) is 5.56 Å². The van der Waals surface area contributed by atoms with E-state index in [1.54, 1.807) is 13.1 Å². The molecule has 0 amide bonds. The largest absolute Gasteiger partial charge is 0.298 e. The summed E-state index contributed by atoms with van der Waals surface area (Å²) in [6.07, 6.45) is 1.74. The molecule has 1 aliphatic rings. The molecule has 0 aromatic carbocycles. The van der Waals surface area contributed by atoms with Crippen molar-refractivity contribution < 1.29 is 4.79 Å². The fourth-order valence-corrected chi connectivity index (χ4v) is 1.90. The van der Waals surface area contributed by atoms with Crippen LogP contribution in [-0.2, 0) is 11.3 Å². The number of pyridine rings is 1. The lowest BCUT2D eigenvalue weighted by Crippen LogP contribution is -2.22. The number of Topliss-reactive ketones (excluding diaryl/α,β-unsaturated/α-hetero) is 1. The van der Waals surface area contributed by atoms with E-state index in [0.717, 1.165) is 12.2 Å². The molecule has 1 aromatic heterocycles. The van der Waals surface area contributed by atoms with Crippen molar-refractivity contribution >= 4 is 5.78 Å². The van der Waals surface area contributed by atoms with Crippen molar-refractivity contribution in [2.24, 2.45) is 0 Å². The monoisotopic (exact) mass is 206 g/mol. The van der Waals surface area contributed by atoms with Crippen molar-refractivity contribution in [3.63, 3.8) is 0 Å². The molecule has 82 valence electrons. The van der Waals surface area contributed by atoms with Crippen LogP contribution in [0.25, 0.3) is 0 Å². The molecule has 0 N–H and O–H groups in total. The molecule has 0 saturated heterocycles. The zero-order valence-corrected chi connectivity index (χ0v) is 9.82. The third-order valence-corrected chi connectivity index (χ3v) is 2.43. The van der Waals surface area contributed by atoms with E-state index in [-0.39, 0.29) is 11.8 Å². The Bertz CT molecular complexity index is 349. The summed E-state index contributed by atoms with van der Waals surface area (Å²) >= 11 is 0. The number of rotatable bonds is 1. The molecule has 0 radical (unpaired) electrons. The van der Waals surface area contributed by atoms with Gasteiger partial charge in [0.15, 0.2) is 5.78 Å². The van der Waals surface area contributed by atoms with E-state index in [1.807, 2.05) is 37.9 Å². The maximum Gasteiger partial charge on any atom is 0.153 e. The summed E-state index contributed by atoms with van der Waals surface area (Å²) in [5.41, 5.74) is 2.10. The Balaban J connectivity index is 0.000000531. The Morgan fingerprint density at radius 1 is 1.53 bits per heavy atom. The topological polar surface area (TPSA) is 33.2 Å². The number of aromatic nitrogens is 1. The quantitative estimate of drug-likeness (QED) is 0.706. The first-order chi connectivity index (χ1) is 7.20. The van der Waals surface area contributed by atoms with Crippen LogP contribution in [-0.4, -0.2) is 22.7 Å². The number of hydrogen-bond donors (Lipinski definition) is 0. The summed E-state index contributed by atoms with van der Waals surface area (Å²) in [5.74, 6) is 0.167. The SMILES string of the molecule is CC.CC(=O)C1c2ncccc2CN1C. The summed E-state index contributed by atoms with van der Waals surface area (Å²) in [6, 6.07) is 3.81. The molecule has 0 aliphatic carbocycles. The molecule has 15 heavy (non-hydrogen) atoms. The lowest BCUT2D eigenvalue weighted by atomic mass is 10.1. The predicted octanol–water partition coefficient (Wildman–Crippen LogP) is 2.18. The number of hydrogen-bond acceptors (Lipinski definition) is 3. The van der Waals surface area contributed by atoms with E-state index in [4.69, 9.17) is 0 Å². The maximum atomic E-state index is 11.3. The van der Waals surface area contributed by atoms with Crippen molar-refractivity contribution in [3.05, 3.63) is 29.6 Å². The molecule has 1 unspecified atom stereocenters. The summed E-state index contributed by atoms with van der Waals surface area (Å²) in [6.45, 7) is 6.44. The van der Waals surface area contributed by atoms with Gasteiger partial charge in [0.25, 0.3) is 0 Å². The summed E-state index contributed by atoms with van der Waals surface area (Å²) in [5, 5.41) is 0. The van der Waals surface area contributed by atoms with E-state index in [0.29, 0.717) is 0 Å². The predicted molar refractivity (Wildman–Crippen MR) is 60.5 cm³/mol. The van der Waals surface area contributed by atoms with Gasteiger partial charge in [-0.25, -0.2) is 0 Å². The minimum absolute atomic E-state index is 0.129. The van der Waals surface area contributed by atoms with Crippen molar-refractivity contribution in [1.82, 2.24) is 9.88 Å². The van der Waals surface area contributed by atoms with Gasteiger partial charge in [0, 0.05) is 12.7 Å². The van der Waals surface area contributed by atoms with Crippen LogP contribution in [0.1, 0.15) is 38.1 Å². The second-order valence-electron chi connectivity index (χ2n) is 3.48. The molecule has 3 nitrogen and oxygen atoms in total. The molecule has 1 aromatic rings. The van der Waals surface area contributed by atoms with Crippen molar-refractivity contribution in [3.8, 4) is 0 Å². The van der Waals surface area contributed by atoms with Crippen LogP contribution in [0.15, 0.2) is 18.3 Å². The average Bonchev–Trinajstić information content (AvgIpc) is 2.56. The van der Waals surface area contributed by atoms with Crippen LogP contribution in [0, 0.1) is 0 Å². The molecule has 2 rings (SSSR count). The smallest absolute Gasteiger partial charge is 0.153 e. The van der Waals surface area contributed by atoms with E-state index in [2.05, 4.69) is 4.98 Å². The van der Waals surface area contributed by atoms with Crippen LogP contribution in [0.4, 0.5) is 0 Å². The van der Waals surface area contributed by atoms with Crippen LogP contribution in [0.3, 0.4) is 0 Å². The van der Waals surface area contributed by atoms with Crippen LogP contribution in [0.2, 0.25) is 0 Å². The van der Waals surface area contributed by atoms with Crippen molar-refractivity contribution in [2.45, 2.75) is 33.4 Å². The first kappa shape index (κ1) is 11.9. The van der Waals surface area contributed by atoms with Gasteiger partial charge >= 0.3 is 0 Å². The maximum absolute atomic E-state index is 11.3. The van der Waals surface area contributed by atoms with Gasteiger partial charge < -0.3 is 0 Å². The van der Waals surface area contributed by atoms with Gasteiger partial charge in [-0.2, -0.15) is 0 Å². The van der Waals surface area contributed by atoms with Gasteiger partial charge in [-0.3, -0.25) is 14.7 Å². The van der Waals surface area contributed by atoms with Crippen molar-refractivity contribution in [1.29, 1.82) is 0 Å². The number of carbonyl (C=O) groups excluding carboxylic acids is 1. The van der Waals surface area contributed by atoms with Crippen molar-refractivity contribution in [2.75, 3.05) is 7.05 Å². The Kier molecular flexibility index (Phi) is 3.97. The zero-order chi connectivity index (χ0) is 11.4. The highest BCUT2D eigenvalue weighted by Crippen LogP contribution is 2.30.